The zero-order chi connectivity index (χ0) is 11.4. The van der Waals surface area contributed by atoms with Crippen LogP contribution in [-0.4, -0.2) is 34.7 Å². The number of nitrogens with one attached hydrogen (secondary N) is 1. The number of hydrogen-bond donors (Lipinski definition) is 3. The lowest BCUT2D eigenvalue weighted by Gasteiger charge is -2.10. The summed E-state index contributed by atoms with van der Waals surface area (Å²) in [4.78, 5) is 21.9. The van der Waals surface area contributed by atoms with Crippen molar-refractivity contribution >= 4 is 27.8 Å². The second kappa shape index (κ2) is 4.94. The molecule has 0 aromatic carbocycles. The second-order valence-corrected chi connectivity index (χ2v) is 3.38. The van der Waals surface area contributed by atoms with Crippen molar-refractivity contribution in [2.75, 3.05) is 6.61 Å². The van der Waals surface area contributed by atoms with Gasteiger partial charge in [0.2, 0.25) is 0 Å². The SMILES string of the molecule is O=C(NC(CO)C(=O)O)c1ccoc1Br. The van der Waals surface area contributed by atoms with E-state index in [1.807, 2.05) is 0 Å². The average Bonchev–Trinajstić information content (AvgIpc) is 2.60. The van der Waals surface area contributed by atoms with Crippen molar-refractivity contribution in [1.29, 1.82) is 0 Å². The Balaban J connectivity index is 2.71. The fraction of sp³-hybridized carbons (Fsp3) is 0.250. The predicted molar refractivity (Wildman–Crippen MR) is 52.4 cm³/mol. The number of aliphatic hydroxyl groups is 1. The highest BCUT2D eigenvalue weighted by atomic mass is 79.9. The van der Waals surface area contributed by atoms with Gasteiger partial charge in [0.25, 0.3) is 5.91 Å². The molecule has 0 aliphatic carbocycles. The third-order valence-corrected chi connectivity index (χ3v) is 2.26. The smallest absolute Gasteiger partial charge is 0.328 e. The second-order valence-electron chi connectivity index (χ2n) is 2.65. The van der Waals surface area contributed by atoms with Crippen LogP contribution in [-0.2, 0) is 4.79 Å². The van der Waals surface area contributed by atoms with Gasteiger partial charge in [0.15, 0.2) is 10.7 Å². The summed E-state index contributed by atoms with van der Waals surface area (Å²) in [6, 6.07) is 0.0645. The zero-order valence-electron chi connectivity index (χ0n) is 7.44. The van der Waals surface area contributed by atoms with Gasteiger partial charge in [0, 0.05) is 0 Å². The topological polar surface area (TPSA) is 99.8 Å². The Morgan fingerprint density at radius 1 is 1.60 bits per heavy atom. The normalized spacial score (nSPS) is 12.1. The van der Waals surface area contributed by atoms with Crippen LogP contribution in [0.5, 0.6) is 0 Å². The highest BCUT2D eigenvalue weighted by Crippen LogP contribution is 2.17. The van der Waals surface area contributed by atoms with E-state index in [9.17, 15) is 9.59 Å². The lowest BCUT2D eigenvalue weighted by molar-refractivity contribution is -0.140. The Hall–Kier alpha value is -1.34. The number of carbonyl (C=O) groups excluding carboxylic acids is 1. The summed E-state index contributed by atoms with van der Waals surface area (Å²) in [5.41, 5.74) is 0.176. The first kappa shape index (κ1) is 11.7. The number of carboxylic acid groups (broad SMARTS) is 1. The molecule has 1 amide bonds. The molecular formula is C8H8BrNO5. The Kier molecular flexibility index (Phi) is 3.87. The summed E-state index contributed by atoms with van der Waals surface area (Å²) in [5, 5.41) is 19.4. The van der Waals surface area contributed by atoms with E-state index < -0.39 is 24.5 Å². The van der Waals surface area contributed by atoms with Crippen LogP contribution < -0.4 is 5.32 Å². The van der Waals surface area contributed by atoms with Crippen molar-refractivity contribution < 1.29 is 24.2 Å². The number of amides is 1. The molecule has 0 fully saturated rings. The summed E-state index contributed by atoms with van der Waals surface area (Å²) in [6.07, 6.45) is 1.29. The molecule has 1 heterocycles. The van der Waals surface area contributed by atoms with Gasteiger partial charge in [-0.3, -0.25) is 4.79 Å². The van der Waals surface area contributed by atoms with Gasteiger partial charge in [-0.1, -0.05) is 0 Å². The first-order chi connectivity index (χ1) is 7.06. The molecule has 15 heavy (non-hydrogen) atoms. The van der Waals surface area contributed by atoms with E-state index in [0.717, 1.165) is 0 Å². The fourth-order valence-corrected chi connectivity index (χ4v) is 1.30. The lowest BCUT2D eigenvalue weighted by atomic mass is 10.2. The maximum absolute atomic E-state index is 11.4. The minimum absolute atomic E-state index is 0.176. The molecule has 0 bridgehead atoms. The van der Waals surface area contributed by atoms with Crippen LogP contribution in [0.2, 0.25) is 0 Å². The van der Waals surface area contributed by atoms with Crippen LogP contribution in [0.25, 0.3) is 0 Å². The monoisotopic (exact) mass is 277 g/mol. The van der Waals surface area contributed by atoms with Crippen molar-refractivity contribution in [2.45, 2.75) is 6.04 Å². The highest BCUT2D eigenvalue weighted by molar-refractivity contribution is 9.10. The largest absolute Gasteiger partial charge is 0.480 e. The Morgan fingerprint density at radius 3 is 2.67 bits per heavy atom. The molecule has 1 aromatic heterocycles. The fourth-order valence-electron chi connectivity index (χ4n) is 0.877. The molecule has 1 aromatic rings. The molecule has 0 aliphatic heterocycles. The maximum Gasteiger partial charge on any atom is 0.328 e. The van der Waals surface area contributed by atoms with Gasteiger partial charge in [0.1, 0.15) is 0 Å². The first-order valence-corrected chi connectivity index (χ1v) is 4.73. The third-order valence-electron chi connectivity index (χ3n) is 1.65. The van der Waals surface area contributed by atoms with Crippen molar-refractivity contribution in [2.24, 2.45) is 0 Å². The Bertz CT molecular complexity index is 375. The van der Waals surface area contributed by atoms with Crippen LogP contribution in [0.3, 0.4) is 0 Å². The van der Waals surface area contributed by atoms with E-state index in [1.54, 1.807) is 0 Å². The Labute approximate surface area is 93.0 Å². The lowest BCUT2D eigenvalue weighted by Crippen LogP contribution is -2.43. The minimum Gasteiger partial charge on any atom is -0.480 e. The van der Waals surface area contributed by atoms with E-state index >= 15 is 0 Å². The first-order valence-electron chi connectivity index (χ1n) is 3.93. The number of furan rings is 1. The molecule has 0 aliphatic rings. The van der Waals surface area contributed by atoms with Gasteiger partial charge in [-0.15, -0.1) is 0 Å². The van der Waals surface area contributed by atoms with Crippen molar-refractivity contribution in [1.82, 2.24) is 5.32 Å². The quantitative estimate of drug-likeness (QED) is 0.731. The van der Waals surface area contributed by atoms with E-state index in [-0.39, 0.29) is 10.2 Å². The number of hydrogen-bond acceptors (Lipinski definition) is 4. The molecule has 0 saturated carbocycles. The summed E-state index contributed by atoms with van der Waals surface area (Å²) >= 11 is 2.98. The van der Waals surface area contributed by atoms with Gasteiger partial charge in [-0.05, 0) is 22.0 Å². The van der Waals surface area contributed by atoms with E-state index in [1.165, 1.54) is 12.3 Å². The van der Waals surface area contributed by atoms with E-state index in [0.29, 0.717) is 0 Å². The van der Waals surface area contributed by atoms with Crippen molar-refractivity contribution in [3.05, 3.63) is 22.6 Å². The van der Waals surface area contributed by atoms with Gasteiger partial charge in [-0.2, -0.15) is 0 Å². The van der Waals surface area contributed by atoms with E-state index in [2.05, 4.69) is 21.2 Å². The number of aliphatic hydroxyl groups excluding tert-OH is 1. The minimum atomic E-state index is -1.32. The molecule has 82 valence electrons. The van der Waals surface area contributed by atoms with Gasteiger partial charge in [-0.25, -0.2) is 4.79 Å². The van der Waals surface area contributed by atoms with Gasteiger partial charge >= 0.3 is 5.97 Å². The highest BCUT2D eigenvalue weighted by Gasteiger charge is 2.21. The van der Waals surface area contributed by atoms with Crippen LogP contribution >= 0.6 is 15.9 Å². The van der Waals surface area contributed by atoms with Crippen molar-refractivity contribution in [3.63, 3.8) is 0 Å². The number of halogens is 1. The molecule has 7 heteroatoms. The maximum atomic E-state index is 11.4. The summed E-state index contributed by atoms with van der Waals surface area (Å²) < 4.78 is 5.02. The number of rotatable bonds is 4. The van der Waals surface area contributed by atoms with Gasteiger partial charge < -0.3 is 19.9 Å². The molecule has 3 N–H and O–H groups in total. The van der Waals surface area contributed by atoms with Crippen molar-refractivity contribution in [3.8, 4) is 0 Å². The zero-order valence-corrected chi connectivity index (χ0v) is 9.02. The van der Waals surface area contributed by atoms with Crippen LogP contribution in [0, 0.1) is 0 Å². The standard InChI is InChI=1S/C8H8BrNO5/c9-6-4(1-2-15-6)7(12)10-5(3-11)8(13)14/h1-2,5,11H,3H2,(H,10,12)(H,13,14). The number of aliphatic carboxylic acids is 1. The summed E-state index contributed by atoms with van der Waals surface area (Å²) in [6.45, 7) is -0.670. The van der Waals surface area contributed by atoms with Crippen LogP contribution in [0.1, 0.15) is 10.4 Å². The molecule has 0 saturated heterocycles. The van der Waals surface area contributed by atoms with Gasteiger partial charge in [0.05, 0.1) is 18.4 Å². The summed E-state index contributed by atoms with van der Waals surface area (Å²) in [5.74, 6) is -1.93. The molecule has 0 radical (unpaired) electrons. The molecule has 1 rings (SSSR count). The molecule has 1 atom stereocenters. The van der Waals surface area contributed by atoms with E-state index in [4.69, 9.17) is 14.6 Å². The summed E-state index contributed by atoms with van der Waals surface area (Å²) in [7, 11) is 0. The Morgan fingerprint density at radius 2 is 2.27 bits per heavy atom. The van der Waals surface area contributed by atoms with Crippen LogP contribution in [0.4, 0.5) is 0 Å². The third kappa shape index (κ3) is 2.80. The molecular weight excluding hydrogens is 270 g/mol. The van der Waals surface area contributed by atoms with Crippen LogP contribution in [0.15, 0.2) is 21.4 Å². The number of carboxylic acids is 1. The number of carbonyl (C=O) groups is 2. The molecule has 1 unspecified atom stereocenters. The molecule has 0 spiro atoms. The molecule has 6 nitrogen and oxygen atoms in total. The average molecular weight is 278 g/mol. The predicted octanol–water partition coefficient (Wildman–Crippen LogP) is 0.217.